The molecular weight excluding hydrogens is 342 g/mol. The van der Waals surface area contributed by atoms with Crippen molar-refractivity contribution in [1.29, 1.82) is 5.26 Å². The van der Waals surface area contributed by atoms with Gasteiger partial charge in [0.05, 0.1) is 0 Å². The van der Waals surface area contributed by atoms with Gasteiger partial charge >= 0.3 is 0 Å². The molecule has 1 heterocycles. The highest BCUT2D eigenvalue weighted by molar-refractivity contribution is 9.10. The molecule has 2 rings (SSSR count). The molecule has 1 aromatic heterocycles. The lowest BCUT2D eigenvalue weighted by Crippen LogP contribution is -2.13. The molecule has 0 aliphatic heterocycles. The topological polar surface area (TPSA) is 82.9 Å². The second kappa shape index (κ2) is 5.61. The number of halogens is 1. The van der Waals surface area contributed by atoms with Crippen LogP contribution < -0.4 is 4.72 Å². The zero-order valence-electron chi connectivity index (χ0n) is 10.5. The van der Waals surface area contributed by atoms with E-state index in [9.17, 15) is 8.42 Å². The SMILES string of the molecule is Cc1cc(NS(=O)(=O)c2ccc(C#N)nc2)ccc1Br. The van der Waals surface area contributed by atoms with Gasteiger partial charge in [0, 0.05) is 16.4 Å². The van der Waals surface area contributed by atoms with Gasteiger partial charge in [0.25, 0.3) is 10.0 Å². The number of benzene rings is 1. The van der Waals surface area contributed by atoms with Gasteiger partial charge in [-0.05, 0) is 42.8 Å². The third kappa shape index (κ3) is 3.15. The molecular formula is C13H10BrN3O2S. The maximum atomic E-state index is 12.2. The summed E-state index contributed by atoms with van der Waals surface area (Å²) in [5.41, 5.74) is 1.56. The molecule has 20 heavy (non-hydrogen) atoms. The van der Waals surface area contributed by atoms with Gasteiger partial charge in [0.15, 0.2) is 0 Å². The van der Waals surface area contributed by atoms with Crippen molar-refractivity contribution in [2.45, 2.75) is 11.8 Å². The van der Waals surface area contributed by atoms with Crippen LogP contribution in [-0.4, -0.2) is 13.4 Å². The van der Waals surface area contributed by atoms with Crippen LogP contribution in [0.4, 0.5) is 5.69 Å². The van der Waals surface area contributed by atoms with Crippen LogP contribution in [-0.2, 0) is 10.0 Å². The number of hydrogen-bond acceptors (Lipinski definition) is 4. The van der Waals surface area contributed by atoms with E-state index in [-0.39, 0.29) is 10.6 Å². The van der Waals surface area contributed by atoms with Gasteiger partial charge in [-0.25, -0.2) is 13.4 Å². The van der Waals surface area contributed by atoms with Crippen molar-refractivity contribution in [2.75, 3.05) is 4.72 Å². The van der Waals surface area contributed by atoms with E-state index in [0.29, 0.717) is 5.69 Å². The number of anilines is 1. The van der Waals surface area contributed by atoms with Gasteiger partial charge in [-0.1, -0.05) is 15.9 Å². The number of pyridine rings is 1. The monoisotopic (exact) mass is 351 g/mol. The van der Waals surface area contributed by atoms with Crippen LogP contribution in [0.5, 0.6) is 0 Å². The number of nitriles is 1. The number of nitrogens with one attached hydrogen (secondary N) is 1. The summed E-state index contributed by atoms with van der Waals surface area (Å²) in [5, 5.41) is 8.64. The summed E-state index contributed by atoms with van der Waals surface area (Å²) in [6, 6.07) is 9.69. The molecule has 0 atom stereocenters. The van der Waals surface area contributed by atoms with Crippen molar-refractivity contribution in [3.8, 4) is 6.07 Å². The van der Waals surface area contributed by atoms with Crippen molar-refractivity contribution in [2.24, 2.45) is 0 Å². The summed E-state index contributed by atoms with van der Waals surface area (Å²) < 4.78 is 27.7. The van der Waals surface area contributed by atoms with Crippen LogP contribution >= 0.6 is 15.9 Å². The Bertz CT molecular complexity index is 780. The van der Waals surface area contributed by atoms with Gasteiger partial charge in [-0.15, -0.1) is 0 Å². The van der Waals surface area contributed by atoms with Crippen molar-refractivity contribution in [3.63, 3.8) is 0 Å². The van der Waals surface area contributed by atoms with E-state index < -0.39 is 10.0 Å². The number of hydrogen-bond donors (Lipinski definition) is 1. The summed E-state index contributed by atoms with van der Waals surface area (Å²) in [5.74, 6) is 0. The highest BCUT2D eigenvalue weighted by Crippen LogP contribution is 2.22. The second-order valence-corrected chi connectivity index (χ2v) is 6.60. The first-order valence-electron chi connectivity index (χ1n) is 5.57. The predicted molar refractivity (Wildman–Crippen MR) is 78.6 cm³/mol. The van der Waals surface area contributed by atoms with Crippen molar-refractivity contribution < 1.29 is 8.42 Å². The number of aromatic nitrogens is 1. The highest BCUT2D eigenvalue weighted by Gasteiger charge is 2.15. The maximum absolute atomic E-state index is 12.2. The molecule has 0 aliphatic carbocycles. The molecule has 102 valence electrons. The first-order chi connectivity index (χ1) is 9.42. The van der Waals surface area contributed by atoms with E-state index in [1.54, 1.807) is 18.2 Å². The Morgan fingerprint density at radius 3 is 2.60 bits per heavy atom. The van der Waals surface area contributed by atoms with Crippen LogP contribution in [0.1, 0.15) is 11.3 Å². The Hall–Kier alpha value is -1.91. The summed E-state index contributed by atoms with van der Waals surface area (Å²) in [6.07, 6.45) is 1.16. The molecule has 0 radical (unpaired) electrons. The molecule has 0 aliphatic rings. The average molecular weight is 352 g/mol. The molecule has 0 saturated carbocycles. The van der Waals surface area contributed by atoms with Crippen LogP contribution in [0.3, 0.4) is 0 Å². The standard InChI is InChI=1S/C13H10BrN3O2S/c1-9-6-10(3-5-13(9)14)17-20(18,19)12-4-2-11(7-15)16-8-12/h2-6,8,17H,1H3. The maximum Gasteiger partial charge on any atom is 0.263 e. The quantitative estimate of drug-likeness (QED) is 0.921. The molecule has 1 aromatic carbocycles. The molecule has 0 amide bonds. The number of rotatable bonds is 3. The largest absolute Gasteiger partial charge is 0.280 e. The minimum Gasteiger partial charge on any atom is -0.280 e. The van der Waals surface area contributed by atoms with Crippen molar-refractivity contribution >= 4 is 31.6 Å². The molecule has 0 spiro atoms. The normalized spacial score (nSPS) is 10.8. The Morgan fingerprint density at radius 1 is 1.30 bits per heavy atom. The highest BCUT2D eigenvalue weighted by atomic mass is 79.9. The third-order valence-corrected chi connectivity index (χ3v) is 4.83. The van der Waals surface area contributed by atoms with E-state index in [4.69, 9.17) is 5.26 Å². The van der Waals surface area contributed by atoms with Crippen molar-refractivity contribution in [1.82, 2.24) is 4.98 Å². The lowest BCUT2D eigenvalue weighted by molar-refractivity contribution is 0.601. The summed E-state index contributed by atoms with van der Waals surface area (Å²) in [6.45, 7) is 1.87. The molecule has 0 fully saturated rings. The van der Waals surface area contributed by atoms with Gasteiger partial charge < -0.3 is 0 Å². The Balaban J connectivity index is 2.30. The summed E-state index contributed by atoms with van der Waals surface area (Å²) in [4.78, 5) is 3.76. The fraction of sp³-hybridized carbons (Fsp3) is 0.0769. The zero-order valence-corrected chi connectivity index (χ0v) is 12.9. The van der Waals surface area contributed by atoms with E-state index in [2.05, 4.69) is 25.6 Å². The zero-order chi connectivity index (χ0) is 14.8. The van der Waals surface area contributed by atoms with E-state index in [1.807, 2.05) is 13.0 Å². The smallest absolute Gasteiger partial charge is 0.263 e. The van der Waals surface area contributed by atoms with Crippen LogP contribution in [0.15, 0.2) is 45.9 Å². The summed E-state index contributed by atoms with van der Waals surface area (Å²) >= 11 is 3.35. The average Bonchev–Trinajstić information content (AvgIpc) is 2.43. The minimum atomic E-state index is -3.71. The molecule has 7 heteroatoms. The van der Waals surface area contributed by atoms with E-state index >= 15 is 0 Å². The number of nitrogens with zero attached hydrogens (tertiary/aromatic N) is 2. The van der Waals surface area contributed by atoms with Gasteiger partial charge in [0.1, 0.15) is 16.7 Å². The minimum absolute atomic E-state index is 0.0112. The summed E-state index contributed by atoms with van der Waals surface area (Å²) in [7, 11) is -3.71. The molecule has 5 nitrogen and oxygen atoms in total. The molecule has 0 bridgehead atoms. The first-order valence-corrected chi connectivity index (χ1v) is 7.85. The van der Waals surface area contributed by atoms with E-state index in [1.165, 1.54) is 12.1 Å². The molecule has 0 unspecified atom stereocenters. The Morgan fingerprint density at radius 2 is 2.05 bits per heavy atom. The third-order valence-electron chi connectivity index (χ3n) is 2.57. The Kier molecular flexibility index (Phi) is 4.06. The number of aryl methyl sites for hydroxylation is 1. The predicted octanol–water partition coefficient (Wildman–Crippen LogP) is 2.83. The first kappa shape index (κ1) is 14.5. The molecule has 2 aromatic rings. The van der Waals surface area contributed by atoms with Crippen molar-refractivity contribution in [3.05, 3.63) is 52.3 Å². The lowest BCUT2D eigenvalue weighted by atomic mass is 10.2. The van der Waals surface area contributed by atoms with Gasteiger partial charge in [-0.3, -0.25) is 4.72 Å². The number of sulfonamides is 1. The van der Waals surface area contributed by atoms with Gasteiger partial charge in [-0.2, -0.15) is 5.26 Å². The van der Waals surface area contributed by atoms with Crippen LogP contribution in [0.2, 0.25) is 0 Å². The lowest BCUT2D eigenvalue weighted by Gasteiger charge is -2.09. The van der Waals surface area contributed by atoms with Gasteiger partial charge in [0.2, 0.25) is 0 Å². The second-order valence-electron chi connectivity index (χ2n) is 4.06. The van der Waals surface area contributed by atoms with Crippen LogP contribution in [0, 0.1) is 18.3 Å². The fourth-order valence-electron chi connectivity index (χ4n) is 1.53. The Labute approximate surface area is 125 Å². The fourth-order valence-corrected chi connectivity index (χ4v) is 2.77. The molecule has 1 N–H and O–H groups in total. The van der Waals surface area contributed by atoms with E-state index in [0.717, 1.165) is 16.2 Å². The molecule has 0 saturated heterocycles. The van der Waals surface area contributed by atoms with Crippen LogP contribution in [0.25, 0.3) is 0 Å².